The van der Waals surface area contributed by atoms with Crippen LogP contribution in [-0.2, 0) is 28.1 Å². The van der Waals surface area contributed by atoms with Crippen LogP contribution in [0.3, 0.4) is 0 Å². The van der Waals surface area contributed by atoms with Crippen LogP contribution < -0.4 is 5.32 Å². The fourth-order valence-corrected chi connectivity index (χ4v) is 4.38. The molecule has 1 saturated heterocycles. The third-order valence-electron chi connectivity index (χ3n) is 6.25. The van der Waals surface area contributed by atoms with Crippen molar-refractivity contribution in [1.29, 1.82) is 0 Å². The van der Waals surface area contributed by atoms with Crippen molar-refractivity contribution in [2.24, 2.45) is 4.99 Å². The maximum atomic E-state index is 13.2. The van der Waals surface area contributed by atoms with Crippen molar-refractivity contribution < 1.29 is 9.59 Å². The van der Waals surface area contributed by atoms with Crippen molar-refractivity contribution in [2.75, 3.05) is 0 Å². The minimum Gasteiger partial charge on any atom is -0.347 e. The van der Waals surface area contributed by atoms with Crippen LogP contribution >= 0.6 is 0 Å². The Bertz CT molecular complexity index is 1230. The summed E-state index contributed by atoms with van der Waals surface area (Å²) in [7, 11) is 0. The van der Waals surface area contributed by atoms with Gasteiger partial charge in [-0.3, -0.25) is 19.9 Å². The number of benzene rings is 1. The number of rotatable bonds is 9. The molecule has 2 amide bonds. The molecule has 0 saturated carbocycles. The smallest absolute Gasteiger partial charge is 0.273 e. The molecule has 1 fully saturated rings. The topological polar surface area (TPSA) is 81.3 Å². The lowest BCUT2D eigenvalue weighted by atomic mass is 9.79. The highest BCUT2D eigenvalue weighted by molar-refractivity contribution is 6.54. The summed E-state index contributed by atoms with van der Waals surface area (Å²) in [5, 5.41) is 3.46. The first-order valence-electron chi connectivity index (χ1n) is 11.3. The lowest BCUT2D eigenvalue weighted by Gasteiger charge is -2.21. The predicted octanol–water partition coefficient (Wildman–Crippen LogP) is 3.80. The van der Waals surface area contributed by atoms with E-state index in [-0.39, 0.29) is 17.7 Å². The molecular weight excluding hydrogens is 414 g/mol. The van der Waals surface area contributed by atoms with Gasteiger partial charge in [-0.2, -0.15) is 0 Å². The van der Waals surface area contributed by atoms with E-state index in [1.807, 2.05) is 66.6 Å². The minimum atomic E-state index is -1.16. The molecule has 33 heavy (non-hydrogen) atoms. The van der Waals surface area contributed by atoms with Gasteiger partial charge in [-0.25, -0.2) is 4.98 Å². The number of aromatic nitrogens is 3. The van der Waals surface area contributed by atoms with Crippen molar-refractivity contribution in [1.82, 2.24) is 19.4 Å². The molecule has 3 heterocycles. The summed E-state index contributed by atoms with van der Waals surface area (Å²) in [6.45, 7) is 9.12. The molecule has 0 spiro atoms. The van der Waals surface area contributed by atoms with E-state index in [0.717, 1.165) is 36.0 Å². The number of allylic oxidation sites excluding steroid dienone is 2. The molecule has 2 unspecified atom stereocenters. The highest BCUT2D eigenvalue weighted by Gasteiger charge is 2.52. The lowest BCUT2D eigenvalue weighted by Crippen LogP contribution is -2.37. The number of para-hydroxylation sites is 1. The van der Waals surface area contributed by atoms with Gasteiger partial charge in [0.25, 0.3) is 5.91 Å². The van der Waals surface area contributed by atoms with Gasteiger partial charge in [0, 0.05) is 42.6 Å². The zero-order valence-corrected chi connectivity index (χ0v) is 19.1. The number of amides is 2. The van der Waals surface area contributed by atoms with Crippen molar-refractivity contribution in [3.05, 3.63) is 79.6 Å². The number of imide groups is 1. The zero-order chi connectivity index (χ0) is 23.4. The van der Waals surface area contributed by atoms with Crippen molar-refractivity contribution in [3.8, 4) is 0 Å². The predicted molar refractivity (Wildman–Crippen MR) is 130 cm³/mol. The van der Waals surface area contributed by atoms with Gasteiger partial charge in [-0.05, 0) is 31.4 Å². The summed E-state index contributed by atoms with van der Waals surface area (Å²) in [6.07, 6.45) is 14.5. The number of hydrogen-bond donors (Lipinski definition) is 1. The van der Waals surface area contributed by atoms with Gasteiger partial charge in [0.1, 0.15) is 11.1 Å². The van der Waals surface area contributed by atoms with Gasteiger partial charge in [0.2, 0.25) is 5.91 Å². The fraction of sp³-hybridized carbons (Fsp3) is 0.308. The summed E-state index contributed by atoms with van der Waals surface area (Å²) in [6, 6.07) is 7.79. The summed E-state index contributed by atoms with van der Waals surface area (Å²) in [5.74, 6) is -0.764. The first-order valence-corrected chi connectivity index (χ1v) is 11.3. The molecule has 1 N–H and O–H groups in total. The third-order valence-corrected chi connectivity index (χ3v) is 6.25. The zero-order valence-electron chi connectivity index (χ0n) is 19.1. The Morgan fingerprint density at radius 2 is 2.09 bits per heavy atom. The molecular formula is C26H29N5O2. The standard InChI is InChI=1S/C26H29N5O2/c1-4-6-10-19(5-2)28-23-24(32)29-25(33)26(23,3)21-17-31(22-12-8-7-11-20(21)22)15-9-14-30-16-13-27-18-30/h4,6-8,10-13,16-19H,1,5,9,14-15H2,2-3H3,(H,29,32,33)/b10-6-,28-23?. The molecule has 0 bridgehead atoms. The maximum Gasteiger partial charge on any atom is 0.273 e. The first kappa shape index (κ1) is 22.5. The van der Waals surface area contributed by atoms with Crippen molar-refractivity contribution in [3.63, 3.8) is 0 Å². The number of nitrogens with one attached hydrogen (secondary N) is 1. The van der Waals surface area contributed by atoms with Crippen molar-refractivity contribution >= 4 is 28.4 Å². The van der Waals surface area contributed by atoms with Gasteiger partial charge in [-0.1, -0.05) is 49.9 Å². The van der Waals surface area contributed by atoms with E-state index in [0.29, 0.717) is 6.42 Å². The number of nitrogens with zero attached hydrogens (tertiary/aromatic N) is 4. The molecule has 1 aliphatic rings. The number of carbonyl (C=O) groups excluding carboxylic acids is 2. The van der Waals surface area contributed by atoms with Gasteiger partial charge in [-0.15, -0.1) is 0 Å². The maximum absolute atomic E-state index is 13.2. The van der Waals surface area contributed by atoms with Gasteiger partial charge in [0.15, 0.2) is 0 Å². The molecule has 2 atom stereocenters. The van der Waals surface area contributed by atoms with E-state index >= 15 is 0 Å². The fourth-order valence-electron chi connectivity index (χ4n) is 4.38. The average Bonchev–Trinajstić information content (AvgIpc) is 3.51. The van der Waals surface area contributed by atoms with Gasteiger partial charge >= 0.3 is 0 Å². The molecule has 7 heteroatoms. The monoisotopic (exact) mass is 443 g/mol. The molecule has 4 rings (SSSR count). The van der Waals surface area contributed by atoms with E-state index in [1.54, 1.807) is 19.2 Å². The Kier molecular flexibility index (Phi) is 6.40. The van der Waals surface area contributed by atoms with Crippen LogP contribution in [0.2, 0.25) is 0 Å². The lowest BCUT2D eigenvalue weighted by molar-refractivity contribution is -0.126. The summed E-state index contributed by atoms with van der Waals surface area (Å²) >= 11 is 0. The normalized spacial score (nSPS) is 20.7. The highest BCUT2D eigenvalue weighted by atomic mass is 16.2. The second-order valence-electron chi connectivity index (χ2n) is 8.39. The van der Waals surface area contributed by atoms with Crippen LogP contribution in [0.4, 0.5) is 0 Å². The molecule has 2 aromatic heterocycles. The quantitative estimate of drug-likeness (QED) is 0.403. The Morgan fingerprint density at radius 3 is 2.82 bits per heavy atom. The molecule has 3 aromatic rings. The van der Waals surface area contributed by atoms with Gasteiger partial charge in [0.05, 0.1) is 12.4 Å². The molecule has 1 aliphatic heterocycles. The van der Waals surface area contributed by atoms with Crippen LogP contribution in [0, 0.1) is 0 Å². The SMILES string of the molecule is C=C/C=C\C(CC)N=C1C(=O)NC(=O)C1(C)c1cn(CCCn2ccnc2)c2ccccc12. The number of hydrogen-bond acceptors (Lipinski definition) is 4. The number of imidazole rings is 1. The van der Waals surface area contributed by atoms with Crippen LogP contribution in [0.1, 0.15) is 32.3 Å². The molecule has 170 valence electrons. The minimum absolute atomic E-state index is 0.211. The Morgan fingerprint density at radius 1 is 1.27 bits per heavy atom. The van der Waals surface area contributed by atoms with E-state index < -0.39 is 11.3 Å². The number of aryl methyl sites for hydroxylation is 2. The molecule has 1 aromatic carbocycles. The summed E-state index contributed by atoms with van der Waals surface area (Å²) in [4.78, 5) is 34.8. The van der Waals surface area contributed by atoms with Crippen LogP contribution in [0.25, 0.3) is 10.9 Å². The van der Waals surface area contributed by atoms with Crippen LogP contribution in [0.15, 0.2) is 79.0 Å². The number of fused-ring (bicyclic) bond motifs is 1. The van der Waals surface area contributed by atoms with Crippen LogP contribution in [0.5, 0.6) is 0 Å². The van der Waals surface area contributed by atoms with Crippen molar-refractivity contribution in [2.45, 2.75) is 51.2 Å². The first-order chi connectivity index (χ1) is 16.0. The third kappa shape index (κ3) is 4.18. The second-order valence-corrected chi connectivity index (χ2v) is 8.39. The second kappa shape index (κ2) is 9.40. The number of carbonyl (C=O) groups is 2. The Hall–Kier alpha value is -3.74. The largest absolute Gasteiger partial charge is 0.347 e. The van der Waals surface area contributed by atoms with E-state index in [9.17, 15) is 9.59 Å². The average molecular weight is 444 g/mol. The molecule has 0 aliphatic carbocycles. The van der Waals surface area contributed by atoms with Gasteiger partial charge < -0.3 is 9.13 Å². The molecule has 7 nitrogen and oxygen atoms in total. The summed E-state index contributed by atoms with van der Waals surface area (Å²) < 4.78 is 4.21. The van der Waals surface area contributed by atoms with E-state index in [4.69, 9.17) is 4.99 Å². The summed E-state index contributed by atoms with van der Waals surface area (Å²) in [5.41, 5.74) is 0.922. The Balaban J connectivity index is 1.75. The van der Waals surface area contributed by atoms with E-state index in [1.165, 1.54) is 0 Å². The van der Waals surface area contributed by atoms with Crippen LogP contribution in [-0.4, -0.2) is 37.7 Å². The highest BCUT2D eigenvalue weighted by Crippen LogP contribution is 2.37. The number of aliphatic imine (C=N–C) groups is 1. The molecule has 0 radical (unpaired) electrons. The van der Waals surface area contributed by atoms with E-state index in [2.05, 4.69) is 21.4 Å². The Labute approximate surface area is 193 Å².